The normalized spacial score (nSPS) is 21.2. The number of thiophene rings is 1. The van der Waals surface area contributed by atoms with Crippen molar-refractivity contribution >= 4 is 29.7 Å². The van der Waals surface area contributed by atoms with Gasteiger partial charge in [-0.05, 0) is 55.2 Å². The van der Waals surface area contributed by atoms with E-state index in [9.17, 15) is 4.79 Å². The fourth-order valence-electron chi connectivity index (χ4n) is 2.94. The summed E-state index contributed by atoms with van der Waals surface area (Å²) in [5.41, 5.74) is 1.38. The first kappa shape index (κ1) is 15.8. The highest BCUT2D eigenvalue weighted by molar-refractivity contribution is 7.10. The Bertz CT molecular complexity index is 458. The van der Waals surface area contributed by atoms with Crippen LogP contribution in [0.1, 0.15) is 42.7 Å². The van der Waals surface area contributed by atoms with Crippen LogP contribution < -0.4 is 5.32 Å². The molecule has 2 aliphatic rings. The molecule has 1 aliphatic carbocycles. The SMILES string of the molecule is CCC1c2ccsc2CCN1C(=O)CNCC1CC1.Cl. The van der Waals surface area contributed by atoms with Gasteiger partial charge in [-0.25, -0.2) is 0 Å². The molecule has 1 amide bonds. The maximum Gasteiger partial charge on any atom is 0.237 e. The van der Waals surface area contributed by atoms with E-state index in [0.29, 0.717) is 12.6 Å². The van der Waals surface area contributed by atoms with E-state index in [1.165, 1.54) is 23.3 Å². The molecule has 5 heteroatoms. The Balaban J connectivity index is 0.00000147. The van der Waals surface area contributed by atoms with Gasteiger partial charge in [0.1, 0.15) is 0 Å². The molecule has 20 heavy (non-hydrogen) atoms. The third-order valence-corrected chi connectivity index (χ3v) is 5.20. The Kier molecular flexibility index (Phi) is 5.47. The van der Waals surface area contributed by atoms with Gasteiger partial charge in [-0.3, -0.25) is 4.79 Å². The van der Waals surface area contributed by atoms with Crippen LogP contribution in [-0.2, 0) is 11.2 Å². The summed E-state index contributed by atoms with van der Waals surface area (Å²) in [7, 11) is 0. The van der Waals surface area contributed by atoms with Crippen molar-refractivity contribution < 1.29 is 4.79 Å². The van der Waals surface area contributed by atoms with Gasteiger partial charge < -0.3 is 10.2 Å². The molecule has 3 nitrogen and oxygen atoms in total. The van der Waals surface area contributed by atoms with Crippen LogP contribution in [0.3, 0.4) is 0 Å². The highest BCUT2D eigenvalue weighted by atomic mass is 35.5. The summed E-state index contributed by atoms with van der Waals surface area (Å²) in [6.07, 6.45) is 4.71. The molecule has 1 fully saturated rings. The van der Waals surface area contributed by atoms with Gasteiger partial charge in [-0.1, -0.05) is 6.92 Å². The van der Waals surface area contributed by atoms with Crippen LogP contribution in [0.25, 0.3) is 0 Å². The highest BCUT2D eigenvalue weighted by Gasteiger charge is 2.30. The van der Waals surface area contributed by atoms with Gasteiger partial charge in [-0.2, -0.15) is 0 Å². The average Bonchev–Trinajstić information content (AvgIpc) is 3.12. The van der Waals surface area contributed by atoms with Gasteiger partial charge in [0.15, 0.2) is 0 Å². The molecular weight excluding hydrogens is 292 g/mol. The molecule has 1 atom stereocenters. The van der Waals surface area contributed by atoms with Crippen molar-refractivity contribution in [2.24, 2.45) is 5.92 Å². The summed E-state index contributed by atoms with van der Waals surface area (Å²) in [6, 6.07) is 2.50. The second kappa shape index (κ2) is 6.92. The zero-order valence-electron chi connectivity index (χ0n) is 11.9. The van der Waals surface area contributed by atoms with Gasteiger partial charge in [0, 0.05) is 11.4 Å². The molecule has 1 aliphatic heterocycles. The van der Waals surface area contributed by atoms with E-state index >= 15 is 0 Å². The minimum absolute atomic E-state index is 0. The number of rotatable bonds is 5. The van der Waals surface area contributed by atoms with Crippen molar-refractivity contribution in [3.63, 3.8) is 0 Å². The number of fused-ring (bicyclic) bond motifs is 1. The summed E-state index contributed by atoms with van der Waals surface area (Å²) in [6.45, 7) is 4.58. The van der Waals surface area contributed by atoms with Crippen LogP contribution in [0.4, 0.5) is 0 Å². The molecule has 1 aromatic heterocycles. The summed E-state index contributed by atoms with van der Waals surface area (Å²) >= 11 is 1.83. The molecule has 1 aromatic rings. The van der Waals surface area contributed by atoms with Crippen molar-refractivity contribution in [2.75, 3.05) is 19.6 Å². The number of amides is 1. The lowest BCUT2D eigenvalue weighted by Crippen LogP contribution is -2.43. The monoisotopic (exact) mass is 314 g/mol. The van der Waals surface area contributed by atoms with E-state index in [2.05, 4.69) is 28.6 Å². The third-order valence-electron chi connectivity index (χ3n) is 4.21. The smallest absolute Gasteiger partial charge is 0.237 e. The molecule has 112 valence electrons. The first-order chi connectivity index (χ1) is 9.29. The molecule has 0 radical (unpaired) electrons. The number of halogens is 1. The maximum atomic E-state index is 12.4. The second-order valence-electron chi connectivity index (χ2n) is 5.63. The summed E-state index contributed by atoms with van der Waals surface area (Å²) in [5.74, 6) is 1.10. The standard InChI is InChI=1S/C15H22N2OS.ClH/c1-2-13-12-6-8-19-14(12)5-7-17(13)15(18)10-16-9-11-3-4-11;/h6,8,11,13,16H,2-5,7,9-10H2,1H3;1H. The lowest BCUT2D eigenvalue weighted by molar-refractivity contribution is -0.133. The zero-order valence-corrected chi connectivity index (χ0v) is 13.6. The molecule has 1 saturated carbocycles. The number of nitrogens with zero attached hydrogens (tertiary/aromatic N) is 1. The number of nitrogens with one attached hydrogen (secondary N) is 1. The quantitative estimate of drug-likeness (QED) is 0.906. The second-order valence-corrected chi connectivity index (χ2v) is 6.64. The highest BCUT2D eigenvalue weighted by Crippen LogP contribution is 2.35. The van der Waals surface area contributed by atoms with E-state index in [0.717, 1.165) is 31.8 Å². The number of hydrogen-bond acceptors (Lipinski definition) is 3. The van der Waals surface area contributed by atoms with Crippen molar-refractivity contribution in [2.45, 2.75) is 38.6 Å². The Morgan fingerprint density at radius 3 is 3.00 bits per heavy atom. The van der Waals surface area contributed by atoms with E-state index in [-0.39, 0.29) is 18.3 Å². The minimum atomic E-state index is 0. The van der Waals surface area contributed by atoms with Gasteiger partial charge in [0.25, 0.3) is 0 Å². The third kappa shape index (κ3) is 3.35. The van der Waals surface area contributed by atoms with Gasteiger partial charge in [0.05, 0.1) is 12.6 Å². The van der Waals surface area contributed by atoms with E-state index < -0.39 is 0 Å². The average molecular weight is 315 g/mol. The zero-order chi connectivity index (χ0) is 13.2. The molecule has 3 rings (SSSR count). The number of carbonyl (C=O) groups excluding carboxylic acids is 1. The summed E-state index contributed by atoms with van der Waals surface area (Å²) in [5, 5.41) is 5.48. The lowest BCUT2D eigenvalue weighted by Gasteiger charge is -2.35. The van der Waals surface area contributed by atoms with Crippen molar-refractivity contribution in [3.05, 3.63) is 21.9 Å². The van der Waals surface area contributed by atoms with E-state index in [1.54, 1.807) is 0 Å². The summed E-state index contributed by atoms with van der Waals surface area (Å²) < 4.78 is 0. The molecule has 1 N–H and O–H groups in total. The van der Waals surface area contributed by atoms with Gasteiger partial charge in [0.2, 0.25) is 5.91 Å². The molecule has 1 unspecified atom stereocenters. The first-order valence-corrected chi connectivity index (χ1v) is 8.24. The largest absolute Gasteiger partial charge is 0.334 e. The van der Waals surface area contributed by atoms with Crippen LogP contribution >= 0.6 is 23.7 Å². The molecular formula is C15H23ClN2OS. The van der Waals surface area contributed by atoms with E-state index in [1.807, 2.05) is 11.3 Å². The Morgan fingerprint density at radius 1 is 1.50 bits per heavy atom. The van der Waals surface area contributed by atoms with Crippen LogP contribution in [0.15, 0.2) is 11.4 Å². The van der Waals surface area contributed by atoms with E-state index in [4.69, 9.17) is 0 Å². The maximum absolute atomic E-state index is 12.4. The van der Waals surface area contributed by atoms with Crippen LogP contribution in [-0.4, -0.2) is 30.4 Å². The number of hydrogen-bond donors (Lipinski definition) is 1. The summed E-state index contributed by atoms with van der Waals surface area (Å²) in [4.78, 5) is 15.9. The molecule has 2 heterocycles. The molecule has 0 spiro atoms. The van der Waals surface area contributed by atoms with Crippen molar-refractivity contribution in [1.82, 2.24) is 10.2 Å². The molecule has 0 saturated heterocycles. The first-order valence-electron chi connectivity index (χ1n) is 7.36. The predicted octanol–water partition coefficient (Wildman–Crippen LogP) is 3.01. The molecule has 0 bridgehead atoms. The minimum Gasteiger partial charge on any atom is -0.334 e. The van der Waals surface area contributed by atoms with Gasteiger partial charge >= 0.3 is 0 Å². The fraction of sp³-hybridized carbons (Fsp3) is 0.667. The van der Waals surface area contributed by atoms with Crippen LogP contribution in [0.5, 0.6) is 0 Å². The Hall–Kier alpha value is -0.580. The topological polar surface area (TPSA) is 32.3 Å². The van der Waals surface area contributed by atoms with Crippen molar-refractivity contribution in [3.8, 4) is 0 Å². The molecule has 0 aromatic carbocycles. The predicted molar refractivity (Wildman–Crippen MR) is 85.6 cm³/mol. The fourth-order valence-corrected chi connectivity index (χ4v) is 3.87. The van der Waals surface area contributed by atoms with Crippen LogP contribution in [0.2, 0.25) is 0 Å². The van der Waals surface area contributed by atoms with Crippen molar-refractivity contribution in [1.29, 1.82) is 0 Å². The van der Waals surface area contributed by atoms with Crippen LogP contribution in [0, 0.1) is 5.92 Å². The van der Waals surface area contributed by atoms with Gasteiger partial charge in [-0.15, -0.1) is 23.7 Å². The number of carbonyl (C=O) groups is 1. The Labute approximate surface area is 131 Å². The Morgan fingerprint density at radius 2 is 2.30 bits per heavy atom. The lowest BCUT2D eigenvalue weighted by atomic mass is 9.98.